The molecule has 2 bridgehead atoms. The van der Waals surface area contributed by atoms with E-state index in [9.17, 15) is 9.59 Å². The maximum absolute atomic E-state index is 13.8. The van der Waals surface area contributed by atoms with Gasteiger partial charge in [0.25, 0.3) is 11.8 Å². The molecule has 0 saturated carbocycles. The van der Waals surface area contributed by atoms with Crippen molar-refractivity contribution in [1.82, 2.24) is 5.01 Å². The third-order valence-electron chi connectivity index (χ3n) is 7.97. The van der Waals surface area contributed by atoms with Gasteiger partial charge in [0.1, 0.15) is 12.4 Å². The van der Waals surface area contributed by atoms with Crippen LogP contribution < -0.4 is 4.74 Å². The third-order valence-corrected chi connectivity index (χ3v) is 7.97. The first-order chi connectivity index (χ1) is 18.2. The fourth-order valence-corrected chi connectivity index (χ4v) is 6.54. The summed E-state index contributed by atoms with van der Waals surface area (Å²) in [5.74, 6) is 1.27. The Bertz CT molecular complexity index is 1570. The van der Waals surface area contributed by atoms with Crippen molar-refractivity contribution in [3.05, 3.63) is 113 Å². The van der Waals surface area contributed by atoms with Crippen LogP contribution in [0, 0.1) is 24.2 Å². The smallest absolute Gasteiger partial charge is 0.254 e. The number of nitrogens with zero attached hydrogens (tertiary/aromatic N) is 2. The zero-order valence-corrected chi connectivity index (χ0v) is 19.9. The molecule has 0 radical (unpaired) electrons. The maximum atomic E-state index is 13.8. The predicted octanol–water partition coefficient (Wildman–Crippen LogP) is 5.08. The zero-order valence-electron chi connectivity index (χ0n) is 19.9. The number of ether oxygens (including phenoxy) is 1. The van der Waals surface area contributed by atoms with Crippen LogP contribution in [0.4, 0.5) is 0 Å². The molecule has 1 saturated heterocycles. The minimum Gasteiger partial charge on any atom is -0.480 e. The van der Waals surface area contributed by atoms with Gasteiger partial charge in [-0.2, -0.15) is 10.1 Å². The molecule has 2 amide bonds. The fraction of sp³-hybridized carbons (Fsp3) is 0.156. The maximum Gasteiger partial charge on any atom is 0.254 e. The van der Waals surface area contributed by atoms with E-state index >= 15 is 0 Å². The van der Waals surface area contributed by atoms with Crippen molar-refractivity contribution < 1.29 is 14.3 Å². The quantitative estimate of drug-likeness (QED) is 0.232. The number of terminal acetylenes is 1. The van der Waals surface area contributed by atoms with Crippen molar-refractivity contribution in [2.24, 2.45) is 16.9 Å². The van der Waals surface area contributed by atoms with E-state index in [1.165, 1.54) is 0 Å². The summed E-state index contributed by atoms with van der Waals surface area (Å²) in [5.41, 5.74) is 5.23. The normalized spacial score (nSPS) is 23.2. The molecule has 0 N–H and O–H groups in total. The largest absolute Gasteiger partial charge is 0.480 e. The number of carbonyl (C=O) groups excluding carboxylic acids is 2. The molecular formula is C32H22N2O3. The lowest BCUT2D eigenvalue weighted by Crippen LogP contribution is -2.41. The number of imide groups is 1. The Balaban J connectivity index is 1.32. The number of fused-ring (bicyclic) bond motifs is 1. The van der Waals surface area contributed by atoms with E-state index in [2.05, 4.69) is 35.3 Å². The first-order valence-corrected chi connectivity index (χ1v) is 12.4. The van der Waals surface area contributed by atoms with Crippen molar-refractivity contribution in [1.29, 1.82) is 0 Å². The van der Waals surface area contributed by atoms with Crippen LogP contribution >= 0.6 is 0 Å². The van der Waals surface area contributed by atoms with Crippen LogP contribution in [-0.4, -0.2) is 29.6 Å². The Morgan fingerprint density at radius 3 is 1.89 bits per heavy atom. The van der Waals surface area contributed by atoms with Crippen LogP contribution in [0.3, 0.4) is 0 Å². The van der Waals surface area contributed by atoms with E-state index in [1.54, 1.807) is 6.21 Å². The molecule has 1 heterocycles. The van der Waals surface area contributed by atoms with Gasteiger partial charge < -0.3 is 4.74 Å². The molecule has 1 fully saturated rings. The molecule has 2 atom stereocenters. The van der Waals surface area contributed by atoms with Crippen LogP contribution in [0.2, 0.25) is 0 Å². The van der Waals surface area contributed by atoms with Crippen LogP contribution in [0.1, 0.15) is 39.7 Å². The highest BCUT2D eigenvalue weighted by Crippen LogP contribution is 2.60. The predicted molar refractivity (Wildman–Crippen MR) is 141 cm³/mol. The minimum atomic E-state index is -0.468. The highest BCUT2D eigenvalue weighted by molar-refractivity contribution is 6.09. The second-order valence-electron chi connectivity index (χ2n) is 9.69. The summed E-state index contributed by atoms with van der Waals surface area (Å²) in [6.45, 7) is 0.102. The summed E-state index contributed by atoms with van der Waals surface area (Å²) in [4.78, 5) is 27.7. The highest BCUT2D eigenvalue weighted by Gasteiger charge is 2.61. The molecule has 8 rings (SSSR count). The standard InChI is InChI=1S/C32H22N2O3/c1-2-17-37-26-16-15-19-9-3-4-10-20(19)25(26)18-33-34-31(35)29-27-21-11-5-6-12-22(21)28(30(29)32(34)36)24-14-8-7-13-23(24)27/h1,3-16,18,27-30H,17H2/b33-18-/t27?,28?,29-,30-/m0/s1. The van der Waals surface area contributed by atoms with E-state index in [-0.39, 0.29) is 30.3 Å². The van der Waals surface area contributed by atoms with Gasteiger partial charge in [0.05, 0.1) is 18.1 Å². The number of hydrogen-bond acceptors (Lipinski definition) is 4. The number of hydrogen-bond donors (Lipinski definition) is 0. The lowest BCUT2D eigenvalue weighted by Gasteiger charge is -2.45. The molecule has 0 aromatic heterocycles. The molecule has 5 nitrogen and oxygen atoms in total. The van der Waals surface area contributed by atoms with Crippen molar-refractivity contribution >= 4 is 28.8 Å². The van der Waals surface area contributed by atoms with Crippen LogP contribution in [0.25, 0.3) is 10.8 Å². The number of carbonyl (C=O) groups is 2. The summed E-state index contributed by atoms with van der Waals surface area (Å²) < 4.78 is 5.77. The fourth-order valence-electron chi connectivity index (χ4n) is 6.54. The topological polar surface area (TPSA) is 59.0 Å². The van der Waals surface area contributed by atoms with Gasteiger partial charge >= 0.3 is 0 Å². The zero-order chi connectivity index (χ0) is 25.1. The number of hydrazone groups is 1. The van der Waals surface area contributed by atoms with Gasteiger partial charge in [0.2, 0.25) is 0 Å². The molecule has 4 aliphatic rings. The third kappa shape index (κ3) is 3.02. The molecule has 5 heteroatoms. The molecule has 4 aromatic rings. The molecule has 0 unspecified atom stereocenters. The van der Waals surface area contributed by atoms with Crippen molar-refractivity contribution in [2.45, 2.75) is 11.8 Å². The number of amides is 2. The van der Waals surface area contributed by atoms with E-state index in [0.29, 0.717) is 11.3 Å². The Hall–Kier alpha value is -4.69. The Kier molecular flexibility index (Phi) is 4.77. The van der Waals surface area contributed by atoms with Gasteiger partial charge in [-0.05, 0) is 39.1 Å². The summed E-state index contributed by atoms with van der Waals surface area (Å²) in [7, 11) is 0. The summed E-state index contributed by atoms with van der Waals surface area (Å²) in [6.07, 6.45) is 6.97. The van der Waals surface area contributed by atoms with Gasteiger partial charge in [-0.25, -0.2) is 0 Å². The summed E-state index contributed by atoms with van der Waals surface area (Å²) in [5, 5.41) is 7.48. The average Bonchev–Trinajstić information content (AvgIpc) is 3.20. The second-order valence-corrected chi connectivity index (χ2v) is 9.69. The van der Waals surface area contributed by atoms with Gasteiger partial charge in [-0.1, -0.05) is 84.8 Å². The second kappa shape index (κ2) is 8.18. The monoisotopic (exact) mass is 482 g/mol. The lowest BCUT2D eigenvalue weighted by atomic mass is 9.55. The van der Waals surface area contributed by atoms with E-state index < -0.39 is 11.8 Å². The summed E-state index contributed by atoms with van der Waals surface area (Å²) >= 11 is 0. The first kappa shape index (κ1) is 21.6. The van der Waals surface area contributed by atoms with Crippen LogP contribution in [-0.2, 0) is 9.59 Å². The van der Waals surface area contributed by atoms with Crippen LogP contribution in [0.15, 0.2) is 90.0 Å². The van der Waals surface area contributed by atoms with Gasteiger partial charge in [-0.15, -0.1) is 6.42 Å². The Morgan fingerprint density at radius 2 is 1.32 bits per heavy atom. The molecule has 0 spiro atoms. The van der Waals surface area contributed by atoms with Crippen molar-refractivity contribution in [3.8, 4) is 18.1 Å². The van der Waals surface area contributed by atoms with Crippen molar-refractivity contribution in [2.75, 3.05) is 6.61 Å². The number of benzene rings is 4. The molecule has 4 aromatic carbocycles. The molecule has 37 heavy (non-hydrogen) atoms. The van der Waals surface area contributed by atoms with Gasteiger partial charge in [0.15, 0.2) is 0 Å². The van der Waals surface area contributed by atoms with E-state index in [4.69, 9.17) is 11.2 Å². The highest BCUT2D eigenvalue weighted by atomic mass is 16.5. The van der Waals surface area contributed by atoms with Crippen LogP contribution in [0.5, 0.6) is 5.75 Å². The SMILES string of the molecule is C#CCOc1ccc2ccccc2c1/C=N\N1C(=O)[C@H]2C3c4ccccc4C(c4ccccc43)[C@@H]2C1=O. The Morgan fingerprint density at radius 1 is 0.784 bits per heavy atom. The van der Waals surface area contributed by atoms with Crippen molar-refractivity contribution in [3.63, 3.8) is 0 Å². The van der Waals surface area contributed by atoms with Gasteiger partial charge in [0, 0.05) is 17.4 Å². The first-order valence-electron chi connectivity index (χ1n) is 12.4. The molecular weight excluding hydrogens is 460 g/mol. The van der Waals surface area contributed by atoms with Gasteiger partial charge in [-0.3, -0.25) is 9.59 Å². The minimum absolute atomic E-state index is 0.102. The lowest BCUT2D eigenvalue weighted by molar-refractivity contribution is -0.139. The molecule has 1 aliphatic heterocycles. The molecule has 178 valence electrons. The Labute approximate surface area is 214 Å². The van der Waals surface area contributed by atoms with E-state index in [0.717, 1.165) is 38.0 Å². The number of rotatable bonds is 4. The summed E-state index contributed by atoms with van der Waals surface area (Å²) in [6, 6.07) is 28.0. The molecule has 3 aliphatic carbocycles. The van der Waals surface area contributed by atoms with E-state index in [1.807, 2.05) is 60.7 Å². The average molecular weight is 483 g/mol.